The van der Waals surface area contributed by atoms with Crippen molar-refractivity contribution >= 4 is 37.9 Å². The van der Waals surface area contributed by atoms with Gasteiger partial charge in [-0.3, -0.25) is 19.7 Å². The lowest BCUT2D eigenvalue weighted by atomic mass is 9.44. The van der Waals surface area contributed by atoms with Crippen molar-refractivity contribution in [3.8, 4) is 5.75 Å². The van der Waals surface area contributed by atoms with Crippen molar-refractivity contribution in [2.75, 3.05) is 6.61 Å². The summed E-state index contributed by atoms with van der Waals surface area (Å²) in [6.45, 7) is 13.4. The van der Waals surface area contributed by atoms with E-state index in [0.717, 1.165) is 19.1 Å². The van der Waals surface area contributed by atoms with Crippen LogP contribution >= 0.6 is 0 Å². The van der Waals surface area contributed by atoms with E-state index >= 15 is 4.79 Å². The minimum atomic E-state index is -2.61. The van der Waals surface area contributed by atoms with Crippen molar-refractivity contribution in [1.29, 1.82) is 0 Å². The fraction of sp³-hybridized carbons (Fsp3) is 0.571. The van der Waals surface area contributed by atoms with Crippen LogP contribution in [0.1, 0.15) is 78.6 Å². The van der Waals surface area contributed by atoms with E-state index in [-0.39, 0.29) is 42.0 Å². The summed E-state index contributed by atoms with van der Waals surface area (Å²) in [7, 11) is -2.61. The number of aliphatic hydroxyl groups excluding tert-OH is 1. The summed E-state index contributed by atoms with van der Waals surface area (Å²) in [5.41, 5.74) is -7.05. The normalized spacial score (nSPS) is 32.6. The van der Waals surface area contributed by atoms with Crippen molar-refractivity contribution in [2.45, 2.75) is 128 Å². The van der Waals surface area contributed by atoms with Gasteiger partial charge >= 0.3 is 18.1 Å². The number of nitro groups is 1. The molecule has 0 amide bonds. The largest absolute Gasteiger partial charge is 0.514 e. The summed E-state index contributed by atoms with van der Waals surface area (Å²) < 4.78 is 37.8. The summed E-state index contributed by atoms with van der Waals surface area (Å²) in [6.07, 6.45) is -8.31. The summed E-state index contributed by atoms with van der Waals surface area (Å²) in [5.74, 6) is -3.84. The number of fused-ring (bicyclic) bond motifs is 5. The molecule has 9 atom stereocenters. The number of rotatable bonds is 11. The molecule has 1 aliphatic heterocycles. The summed E-state index contributed by atoms with van der Waals surface area (Å²) in [5, 5.41) is 36.5. The lowest BCUT2D eigenvalue weighted by molar-refractivity contribution is -0.384. The number of aliphatic hydroxyl groups is 2. The lowest BCUT2D eigenvalue weighted by Gasteiger charge is -2.68. The quantitative estimate of drug-likeness (QED) is 0.0489. The van der Waals surface area contributed by atoms with E-state index in [1.807, 2.05) is 20.8 Å². The van der Waals surface area contributed by atoms with E-state index in [1.165, 1.54) is 24.3 Å². The summed E-state index contributed by atoms with van der Waals surface area (Å²) >= 11 is 0. The minimum absolute atomic E-state index is 0.0208. The van der Waals surface area contributed by atoms with Gasteiger partial charge in [-0.25, -0.2) is 9.59 Å². The second kappa shape index (κ2) is 15.6. The van der Waals surface area contributed by atoms with E-state index in [1.54, 1.807) is 45.9 Å². The zero-order chi connectivity index (χ0) is 42.6. The number of nitrogens with zero attached hydrogens (tertiary/aromatic N) is 1. The molecule has 1 heterocycles. The highest BCUT2D eigenvalue weighted by atomic mass is 28.4. The van der Waals surface area contributed by atoms with E-state index in [9.17, 15) is 34.7 Å². The number of non-ortho nitro benzene ring substituents is 1. The number of ether oxygens (including phenoxy) is 5. The molecule has 2 aromatic carbocycles. The van der Waals surface area contributed by atoms with Crippen LogP contribution in [0.4, 0.5) is 10.5 Å². The molecular weight excluding hydrogens is 771 g/mol. The maximum absolute atomic E-state index is 15.9. The highest BCUT2D eigenvalue weighted by Crippen LogP contribution is 2.65. The van der Waals surface area contributed by atoms with Gasteiger partial charge in [0.05, 0.1) is 40.6 Å². The first-order valence-corrected chi connectivity index (χ1v) is 22.3. The van der Waals surface area contributed by atoms with Crippen LogP contribution in [0.25, 0.3) is 0 Å². The molecule has 2 aromatic rings. The number of carbonyl (C=O) groups excluding carboxylic acids is 4. The number of ketones is 1. The molecule has 0 aromatic heterocycles. The molecular formula is C42H53NO14Si. The molecule has 6 rings (SSSR count). The van der Waals surface area contributed by atoms with Gasteiger partial charge in [0.2, 0.25) is 0 Å². The molecule has 4 aliphatic rings. The maximum atomic E-state index is 15.9. The van der Waals surface area contributed by atoms with Crippen molar-refractivity contribution < 1.29 is 62.4 Å². The molecule has 0 spiro atoms. The summed E-state index contributed by atoms with van der Waals surface area (Å²) in [6, 6.07) is 14.9. The zero-order valence-electron chi connectivity index (χ0n) is 34.1. The van der Waals surface area contributed by atoms with Crippen LogP contribution in [0.2, 0.25) is 18.1 Å². The Labute approximate surface area is 338 Å². The number of Topliss-reactive ketones (excluding diaryl/α,β-unsaturated/α-hetero) is 1. The van der Waals surface area contributed by atoms with Crippen LogP contribution in [0.15, 0.2) is 65.7 Å². The van der Waals surface area contributed by atoms with Crippen molar-refractivity contribution in [3.05, 3.63) is 81.4 Å². The SMILES string of the molecule is CC[Si](CC)(CC)O[C@H]1C[C@H]2OC[C@@]2(OC(=O)Oc2ccc([N+](=O)[O-])cc2)[C@H]2[C@H](OC(=O)c3ccccc3)[C@]3(O)C[C@H](O)C(C)=C([C@@H](OC(C)=O)C(=O)[C@]12C)C3(C)C. The number of nitro benzene ring substituents is 1. The Hall–Kier alpha value is -4.48. The van der Waals surface area contributed by atoms with E-state index < -0.39 is 95.6 Å². The van der Waals surface area contributed by atoms with Gasteiger partial charge in [-0.05, 0) is 67.4 Å². The van der Waals surface area contributed by atoms with Crippen LogP contribution in [0.3, 0.4) is 0 Å². The van der Waals surface area contributed by atoms with Crippen molar-refractivity contribution in [2.24, 2.45) is 16.7 Å². The van der Waals surface area contributed by atoms with Gasteiger partial charge in [0.1, 0.15) is 23.6 Å². The van der Waals surface area contributed by atoms with Gasteiger partial charge in [-0.1, -0.05) is 52.8 Å². The zero-order valence-corrected chi connectivity index (χ0v) is 35.1. The van der Waals surface area contributed by atoms with Gasteiger partial charge in [-0.15, -0.1) is 0 Å². The van der Waals surface area contributed by atoms with Crippen molar-refractivity contribution in [1.82, 2.24) is 0 Å². The summed E-state index contributed by atoms with van der Waals surface area (Å²) in [4.78, 5) is 67.9. The predicted octanol–water partition coefficient (Wildman–Crippen LogP) is 6.24. The first kappa shape index (κ1) is 43.1. The third kappa shape index (κ3) is 6.85. The van der Waals surface area contributed by atoms with Gasteiger partial charge in [0.15, 0.2) is 25.8 Å². The molecule has 2 saturated carbocycles. The Morgan fingerprint density at radius 3 is 2.14 bits per heavy atom. The number of benzene rings is 2. The third-order valence-corrected chi connectivity index (χ3v) is 18.3. The molecule has 16 heteroatoms. The monoisotopic (exact) mass is 823 g/mol. The first-order chi connectivity index (χ1) is 27.2. The average Bonchev–Trinajstić information content (AvgIpc) is 3.18. The standard InChI is InChI=1S/C42H53NO14Si/c1-9-58(10-2,11-3)57-30-21-31-41(23-52-31,56-38(48)54-28-19-17-27(18-20-28)43(50)51)34-36(55-37(47)26-15-13-12-14-16-26)42(49)22-29(45)24(4)32(39(42,6)7)33(53-25(5)44)35(46)40(30,34)8/h12-20,29-31,33-34,36,45,49H,9-11,21-23H2,1-8H3/t29-,30-,31+,33+,34-,36-,40+,41-,42+/m0/s1. The fourth-order valence-electron chi connectivity index (χ4n) is 10.00. The number of carbonyl (C=O) groups is 4. The molecule has 3 fully saturated rings. The molecule has 0 unspecified atom stereocenters. The van der Waals surface area contributed by atoms with E-state index in [0.29, 0.717) is 23.7 Å². The highest BCUT2D eigenvalue weighted by Gasteiger charge is 2.79. The van der Waals surface area contributed by atoms with Crippen molar-refractivity contribution in [3.63, 3.8) is 0 Å². The Balaban J connectivity index is 1.63. The minimum Gasteiger partial charge on any atom is -0.455 e. The second-order valence-electron chi connectivity index (χ2n) is 16.7. The second-order valence-corrected chi connectivity index (χ2v) is 21.4. The molecule has 15 nitrogen and oxygen atoms in total. The Morgan fingerprint density at radius 1 is 0.983 bits per heavy atom. The number of hydrogen-bond donors (Lipinski definition) is 2. The topological polar surface area (TPSA) is 207 Å². The predicted molar refractivity (Wildman–Crippen MR) is 209 cm³/mol. The van der Waals surface area contributed by atoms with Gasteiger partial charge in [-0.2, -0.15) is 0 Å². The first-order valence-electron chi connectivity index (χ1n) is 19.8. The lowest BCUT2D eigenvalue weighted by Crippen LogP contribution is -2.82. The van der Waals surface area contributed by atoms with Gasteiger partial charge in [0, 0.05) is 37.3 Å². The average molecular weight is 824 g/mol. The van der Waals surface area contributed by atoms with Crippen LogP contribution < -0.4 is 4.74 Å². The molecule has 58 heavy (non-hydrogen) atoms. The van der Waals surface area contributed by atoms with Crippen LogP contribution in [0, 0.1) is 26.9 Å². The molecule has 2 bridgehead atoms. The smallest absolute Gasteiger partial charge is 0.455 e. The Morgan fingerprint density at radius 2 is 1.60 bits per heavy atom. The van der Waals surface area contributed by atoms with Gasteiger partial charge < -0.3 is 38.3 Å². The van der Waals surface area contributed by atoms with E-state index in [2.05, 4.69) is 0 Å². The highest BCUT2D eigenvalue weighted by molar-refractivity contribution is 6.73. The molecule has 0 radical (unpaired) electrons. The number of hydrogen-bond acceptors (Lipinski definition) is 14. The van der Waals surface area contributed by atoms with Crippen LogP contribution in [-0.4, -0.2) is 95.7 Å². The third-order valence-electron chi connectivity index (χ3n) is 13.7. The molecule has 1 saturated heterocycles. The van der Waals surface area contributed by atoms with E-state index in [4.69, 9.17) is 28.1 Å². The molecule has 314 valence electrons. The van der Waals surface area contributed by atoms with Crippen LogP contribution in [0.5, 0.6) is 5.75 Å². The number of esters is 2. The van der Waals surface area contributed by atoms with Crippen LogP contribution in [-0.2, 0) is 33.0 Å². The Bertz CT molecular complexity index is 1970. The maximum Gasteiger partial charge on any atom is 0.514 e. The molecule has 2 N–H and O–H groups in total. The van der Waals surface area contributed by atoms with Gasteiger partial charge in [0.25, 0.3) is 5.69 Å². The fourth-order valence-corrected chi connectivity index (χ4v) is 12.9. The Kier molecular flexibility index (Phi) is 11.6. The molecule has 3 aliphatic carbocycles.